The third-order valence-corrected chi connectivity index (χ3v) is 2.40. The number of aliphatic carboxylic acids is 1. The van der Waals surface area contributed by atoms with Crippen molar-refractivity contribution in [2.45, 2.75) is 12.2 Å². The molecule has 0 radical (unpaired) electrons. The maximum absolute atomic E-state index is 10.3. The zero-order valence-electron chi connectivity index (χ0n) is 6.82. The summed E-state index contributed by atoms with van der Waals surface area (Å²) in [5.41, 5.74) is 0.0987. The molecule has 0 amide bonds. The molecule has 0 aliphatic heterocycles. The van der Waals surface area contributed by atoms with Crippen molar-refractivity contribution >= 4 is 23.6 Å². The number of aliphatic hydroxyl groups excluding tert-OH is 2. The van der Waals surface area contributed by atoms with E-state index in [1.165, 1.54) is 5.38 Å². The second-order valence-electron chi connectivity index (χ2n) is 2.46. The van der Waals surface area contributed by atoms with Crippen molar-refractivity contribution in [2.24, 2.45) is 0 Å². The molecule has 0 aliphatic rings. The van der Waals surface area contributed by atoms with Crippen LogP contribution in [0.3, 0.4) is 0 Å². The van der Waals surface area contributed by atoms with Gasteiger partial charge in [0, 0.05) is 5.38 Å². The van der Waals surface area contributed by atoms with Gasteiger partial charge in [0.1, 0.15) is 16.8 Å². The number of carbonyl (C=O) groups is 2. The van der Waals surface area contributed by atoms with E-state index in [0.29, 0.717) is 6.29 Å². The summed E-state index contributed by atoms with van der Waals surface area (Å²) in [5.74, 6) is -1.54. The number of hydrogen-bond acceptors (Lipinski definition) is 6. The Hall–Kier alpha value is -1.31. The van der Waals surface area contributed by atoms with Gasteiger partial charge in [0.25, 0.3) is 0 Å². The molecule has 3 N–H and O–H groups in total. The number of aromatic nitrogens is 1. The molecule has 14 heavy (non-hydrogen) atoms. The van der Waals surface area contributed by atoms with Crippen LogP contribution in [-0.2, 0) is 4.79 Å². The predicted molar refractivity (Wildman–Crippen MR) is 46.1 cm³/mol. The van der Waals surface area contributed by atoms with Crippen LogP contribution >= 0.6 is 11.3 Å². The summed E-state index contributed by atoms with van der Waals surface area (Å²) in [4.78, 5) is 24.1. The van der Waals surface area contributed by atoms with E-state index in [1.54, 1.807) is 0 Å². The van der Waals surface area contributed by atoms with E-state index in [-0.39, 0.29) is 10.7 Å². The Kier molecular flexibility index (Phi) is 3.28. The molecule has 1 aromatic heterocycles. The molecule has 0 aliphatic carbocycles. The highest BCUT2D eigenvalue weighted by atomic mass is 32.1. The first-order valence-electron chi connectivity index (χ1n) is 3.55. The molecule has 0 spiro atoms. The number of hydrogen-bond donors (Lipinski definition) is 3. The summed E-state index contributed by atoms with van der Waals surface area (Å²) < 4.78 is 0. The maximum Gasteiger partial charge on any atom is 0.335 e. The molecule has 6 nitrogen and oxygen atoms in total. The molecule has 2 atom stereocenters. The first-order valence-corrected chi connectivity index (χ1v) is 4.43. The maximum atomic E-state index is 10.3. The first kappa shape index (κ1) is 10.8. The fourth-order valence-corrected chi connectivity index (χ4v) is 1.54. The van der Waals surface area contributed by atoms with E-state index in [0.717, 1.165) is 11.3 Å². The number of nitrogens with zero attached hydrogens (tertiary/aromatic N) is 1. The van der Waals surface area contributed by atoms with Crippen molar-refractivity contribution in [1.82, 2.24) is 4.98 Å². The van der Waals surface area contributed by atoms with Gasteiger partial charge in [-0.15, -0.1) is 11.3 Å². The van der Waals surface area contributed by atoms with Crippen LogP contribution in [0.1, 0.15) is 21.6 Å². The monoisotopic (exact) mass is 217 g/mol. The highest BCUT2D eigenvalue weighted by Gasteiger charge is 2.27. The summed E-state index contributed by atoms with van der Waals surface area (Å²) in [6.45, 7) is 0. The second-order valence-corrected chi connectivity index (χ2v) is 3.35. The molecule has 0 saturated carbocycles. The van der Waals surface area contributed by atoms with Crippen LogP contribution in [0.15, 0.2) is 5.38 Å². The normalized spacial score (nSPS) is 14.7. The van der Waals surface area contributed by atoms with Gasteiger partial charge in [0.15, 0.2) is 12.4 Å². The predicted octanol–water partition coefficient (Wildman–Crippen LogP) is -0.565. The number of aldehydes is 1. The zero-order chi connectivity index (χ0) is 10.7. The van der Waals surface area contributed by atoms with Crippen LogP contribution in [0.5, 0.6) is 0 Å². The van der Waals surface area contributed by atoms with Gasteiger partial charge >= 0.3 is 5.97 Å². The largest absolute Gasteiger partial charge is 0.479 e. The minimum Gasteiger partial charge on any atom is -0.479 e. The van der Waals surface area contributed by atoms with Crippen molar-refractivity contribution in [2.75, 3.05) is 0 Å². The summed E-state index contributed by atoms with van der Waals surface area (Å²) in [7, 11) is 0. The number of aliphatic hydroxyl groups is 2. The standard InChI is InChI=1S/C7H7NO5S/c9-1-3-2-14-6(8-3)4(10)5(11)7(12)13/h1-2,4-5,10-11H,(H,12,13). The lowest BCUT2D eigenvalue weighted by Gasteiger charge is -2.10. The minimum absolute atomic E-state index is 0.00185. The fourth-order valence-electron chi connectivity index (χ4n) is 0.761. The molecular formula is C7H7NO5S. The Morgan fingerprint density at radius 3 is 2.64 bits per heavy atom. The average Bonchev–Trinajstić information content (AvgIpc) is 2.63. The van der Waals surface area contributed by atoms with E-state index in [1.807, 2.05) is 0 Å². The van der Waals surface area contributed by atoms with E-state index in [9.17, 15) is 14.7 Å². The van der Waals surface area contributed by atoms with Crippen LogP contribution in [0, 0.1) is 0 Å². The van der Waals surface area contributed by atoms with Gasteiger partial charge in [-0.2, -0.15) is 0 Å². The molecular weight excluding hydrogens is 210 g/mol. The summed E-state index contributed by atoms with van der Waals surface area (Å²) in [6, 6.07) is 0. The molecule has 1 heterocycles. The number of carboxylic acids is 1. The quantitative estimate of drug-likeness (QED) is 0.583. The number of carbonyl (C=O) groups excluding carboxylic acids is 1. The Balaban J connectivity index is 2.83. The minimum atomic E-state index is -1.93. The average molecular weight is 217 g/mol. The SMILES string of the molecule is O=Cc1csc(C(O)C(O)C(=O)O)n1. The van der Waals surface area contributed by atoms with Gasteiger partial charge in [-0.25, -0.2) is 9.78 Å². The molecule has 1 aromatic rings. The fraction of sp³-hybridized carbons (Fsp3) is 0.286. The highest BCUT2D eigenvalue weighted by Crippen LogP contribution is 2.20. The molecule has 0 fully saturated rings. The Morgan fingerprint density at radius 1 is 1.57 bits per heavy atom. The molecule has 76 valence electrons. The third-order valence-electron chi connectivity index (χ3n) is 1.47. The van der Waals surface area contributed by atoms with Gasteiger partial charge in [0.2, 0.25) is 0 Å². The summed E-state index contributed by atoms with van der Waals surface area (Å²) in [5, 5.41) is 28.0. The third kappa shape index (κ3) is 2.13. The van der Waals surface area contributed by atoms with E-state index >= 15 is 0 Å². The Morgan fingerprint density at radius 2 is 2.21 bits per heavy atom. The molecule has 0 bridgehead atoms. The molecule has 1 rings (SSSR count). The molecule has 0 saturated heterocycles. The van der Waals surface area contributed by atoms with Gasteiger partial charge in [-0.05, 0) is 0 Å². The van der Waals surface area contributed by atoms with Crippen molar-refractivity contribution in [3.63, 3.8) is 0 Å². The molecule has 0 aromatic carbocycles. The summed E-state index contributed by atoms with van der Waals surface area (Å²) >= 11 is 0.912. The number of carboxylic acid groups (broad SMARTS) is 1. The number of rotatable bonds is 4. The second kappa shape index (κ2) is 4.27. The lowest BCUT2D eigenvalue weighted by molar-refractivity contribution is -0.153. The topological polar surface area (TPSA) is 108 Å². The van der Waals surface area contributed by atoms with Crippen molar-refractivity contribution in [1.29, 1.82) is 0 Å². The smallest absolute Gasteiger partial charge is 0.335 e. The van der Waals surface area contributed by atoms with Gasteiger partial charge in [0.05, 0.1) is 0 Å². The van der Waals surface area contributed by atoms with Crippen LogP contribution in [-0.4, -0.2) is 38.7 Å². The van der Waals surface area contributed by atoms with E-state index in [2.05, 4.69) is 4.98 Å². The van der Waals surface area contributed by atoms with Crippen molar-refractivity contribution in [3.8, 4) is 0 Å². The molecule has 7 heteroatoms. The first-order chi connectivity index (χ1) is 6.56. The zero-order valence-corrected chi connectivity index (χ0v) is 7.64. The Bertz CT molecular complexity index is 350. The highest BCUT2D eigenvalue weighted by molar-refractivity contribution is 7.09. The van der Waals surface area contributed by atoms with Gasteiger partial charge in [-0.1, -0.05) is 0 Å². The molecule has 2 unspecified atom stereocenters. The van der Waals surface area contributed by atoms with Crippen LogP contribution in [0.2, 0.25) is 0 Å². The van der Waals surface area contributed by atoms with Crippen molar-refractivity contribution in [3.05, 3.63) is 16.1 Å². The van der Waals surface area contributed by atoms with Crippen LogP contribution < -0.4 is 0 Å². The Labute approximate surface area is 82.5 Å². The van der Waals surface area contributed by atoms with Crippen LogP contribution in [0.25, 0.3) is 0 Å². The van der Waals surface area contributed by atoms with E-state index < -0.39 is 18.2 Å². The van der Waals surface area contributed by atoms with E-state index in [4.69, 9.17) is 10.2 Å². The lowest BCUT2D eigenvalue weighted by Crippen LogP contribution is -2.27. The lowest BCUT2D eigenvalue weighted by atomic mass is 10.2. The van der Waals surface area contributed by atoms with Crippen LogP contribution in [0.4, 0.5) is 0 Å². The van der Waals surface area contributed by atoms with Gasteiger partial charge < -0.3 is 15.3 Å². The van der Waals surface area contributed by atoms with Gasteiger partial charge in [-0.3, -0.25) is 4.79 Å². The number of thiazole rings is 1. The summed E-state index contributed by atoms with van der Waals surface area (Å²) in [6.07, 6.45) is -3.06. The van der Waals surface area contributed by atoms with Crippen molar-refractivity contribution < 1.29 is 24.9 Å².